The number of amides is 1. The topological polar surface area (TPSA) is 59.0 Å². The molecule has 0 unspecified atom stereocenters. The van der Waals surface area contributed by atoms with Crippen LogP contribution in [0.25, 0.3) is 22.5 Å². The lowest BCUT2D eigenvalue weighted by atomic mass is 9.89. The highest BCUT2D eigenvalue weighted by Crippen LogP contribution is 2.35. The van der Waals surface area contributed by atoms with Gasteiger partial charge in [0.25, 0.3) is 0 Å². The van der Waals surface area contributed by atoms with Crippen LogP contribution in [0.15, 0.2) is 55.0 Å². The molecule has 0 radical (unpaired) electrons. The number of aromatic nitrogens is 3. The Bertz CT molecular complexity index is 1120. The molecule has 9 heteroatoms. The van der Waals surface area contributed by atoms with Gasteiger partial charge in [-0.05, 0) is 31.0 Å². The van der Waals surface area contributed by atoms with Gasteiger partial charge in [-0.25, -0.2) is 14.4 Å². The van der Waals surface area contributed by atoms with Crippen LogP contribution in [0.5, 0.6) is 0 Å². The van der Waals surface area contributed by atoms with Gasteiger partial charge in [0, 0.05) is 60.7 Å². The lowest BCUT2D eigenvalue weighted by Gasteiger charge is -2.33. The second-order valence-electron chi connectivity index (χ2n) is 8.01. The van der Waals surface area contributed by atoms with Crippen molar-refractivity contribution < 1.29 is 22.4 Å². The van der Waals surface area contributed by atoms with Crippen molar-refractivity contribution in [2.75, 3.05) is 13.1 Å². The van der Waals surface area contributed by atoms with Gasteiger partial charge >= 0.3 is 6.18 Å². The molecule has 0 spiro atoms. The molecule has 3 heterocycles. The zero-order valence-electron chi connectivity index (χ0n) is 17.7. The van der Waals surface area contributed by atoms with Crippen molar-refractivity contribution >= 4 is 5.91 Å². The Kier molecular flexibility index (Phi) is 6.67. The lowest BCUT2D eigenvalue weighted by Crippen LogP contribution is -2.39. The van der Waals surface area contributed by atoms with Crippen molar-refractivity contribution in [2.24, 2.45) is 0 Å². The Balaban J connectivity index is 1.68. The molecule has 5 nitrogen and oxygen atoms in total. The summed E-state index contributed by atoms with van der Waals surface area (Å²) in [7, 11) is 0. The van der Waals surface area contributed by atoms with E-state index in [4.69, 9.17) is 4.98 Å². The number of benzene rings is 1. The number of nitrogens with zero attached hydrogens (tertiary/aromatic N) is 4. The molecule has 0 aliphatic carbocycles. The summed E-state index contributed by atoms with van der Waals surface area (Å²) >= 11 is 0. The molecule has 0 saturated carbocycles. The fraction of sp³-hybridized carbons (Fsp3) is 0.333. The molecular formula is C24H22F4N4O. The SMILES string of the molecule is O=C(CCC(F)(F)F)N1CCC[C@H](c2nc(-c3cccnc3)ncc2-c2ccccc2F)C1. The van der Waals surface area contributed by atoms with Gasteiger partial charge in [0.2, 0.25) is 5.91 Å². The van der Waals surface area contributed by atoms with E-state index in [-0.39, 0.29) is 12.5 Å². The minimum absolute atomic E-state index is 0.224. The first-order valence-electron chi connectivity index (χ1n) is 10.7. The molecule has 1 amide bonds. The Morgan fingerprint density at radius 2 is 1.91 bits per heavy atom. The monoisotopic (exact) mass is 458 g/mol. The first kappa shape index (κ1) is 22.8. The molecule has 1 saturated heterocycles. The average molecular weight is 458 g/mol. The normalized spacial score (nSPS) is 16.6. The van der Waals surface area contributed by atoms with Crippen LogP contribution in [-0.2, 0) is 4.79 Å². The van der Waals surface area contributed by atoms with Crippen molar-refractivity contribution in [3.05, 3.63) is 66.5 Å². The lowest BCUT2D eigenvalue weighted by molar-refractivity contribution is -0.149. The first-order valence-corrected chi connectivity index (χ1v) is 10.7. The summed E-state index contributed by atoms with van der Waals surface area (Å²) in [6.45, 7) is 0.615. The Hall–Kier alpha value is -3.36. The van der Waals surface area contributed by atoms with E-state index in [0.717, 1.165) is 0 Å². The number of rotatable bonds is 5. The average Bonchev–Trinajstić information content (AvgIpc) is 2.83. The van der Waals surface area contributed by atoms with E-state index in [1.165, 1.54) is 11.0 Å². The molecule has 1 aliphatic heterocycles. The van der Waals surface area contributed by atoms with Gasteiger partial charge in [-0.15, -0.1) is 0 Å². The Morgan fingerprint density at radius 1 is 1.09 bits per heavy atom. The molecule has 0 bridgehead atoms. The van der Waals surface area contributed by atoms with Crippen molar-refractivity contribution in [1.29, 1.82) is 0 Å². The molecule has 33 heavy (non-hydrogen) atoms. The second kappa shape index (κ2) is 9.64. The maximum absolute atomic E-state index is 14.6. The van der Waals surface area contributed by atoms with E-state index in [1.807, 2.05) is 6.07 Å². The molecule has 1 aromatic carbocycles. The second-order valence-corrected chi connectivity index (χ2v) is 8.01. The predicted molar refractivity (Wildman–Crippen MR) is 115 cm³/mol. The first-order chi connectivity index (χ1) is 15.8. The van der Waals surface area contributed by atoms with Gasteiger partial charge in [-0.1, -0.05) is 18.2 Å². The highest BCUT2D eigenvalue weighted by atomic mass is 19.4. The Labute approximate surface area is 188 Å². The third-order valence-electron chi connectivity index (χ3n) is 5.69. The molecular weight excluding hydrogens is 436 g/mol. The number of pyridine rings is 1. The fourth-order valence-corrected chi connectivity index (χ4v) is 4.06. The minimum Gasteiger partial charge on any atom is -0.342 e. The highest BCUT2D eigenvalue weighted by molar-refractivity contribution is 5.76. The summed E-state index contributed by atoms with van der Waals surface area (Å²) in [5, 5.41) is 0. The molecule has 1 fully saturated rings. The van der Waals surface area contributed by atoms with Crippen LogP contribution >= 0.6 is 0 Å². The van der Waals surface area contributed by atoms with E-state index < -0.39 is 30.7 Å². The van der Waals surface area contributed by atoms with Crippen molar-refractivity contribution in [1.82, 2.24) is 19.9 Å². The van der Waals surface area contributed by atoms with Gasteiger partial charge in [-0.2, -0.15) is 13.2 Å². The highest BCUT2D eigenvalue weighted by Gasteiger charge is 2.32. The number of hydrogen-bond acceptors (Lipinski definition) is 4. The number of halogens is 4. The van der Waals surface area contributed by atoms with Crippen LogP contribution in [0, 0.1) is 5.82 Å². The van der Waals surface area contributed by atoms with E-state index >= 15 is 0 Å². The van der Waals surface area contributed by atoms with Crippen LogP contribution < -0.4 is 0 Å². The van der Waals surface area contributed by atoms with Crippen LogP contribution in [0.3, 0.4) is 0 Å². The van der Waals surface area contributed by atoms with Crippen LogP contribution in [0.2, 0.25) is 0 Å². The van der Waals surface area contributed by atoms with E-state index in [2.05, 4.69) is 9.97 Å². The van der Waals surface area contributed by atoms with Gasteiger partial charge in [-0.3, -0.25) is 9.78 Å². The standard InChI is InChI=1S/C24H22F4N4O/c25-20-8-2-1-7-18(20)19-14-30-23(16-5-3-11-29-13-16)31-22(19)17-6-4-12-32(15-17)21(33)9-10-24(26,27)28/h1-3,5,7-8,11,13-14,17H,4,6,9-10,12,15H2/t17-/m0/s1. The summed E-state index contributed by atoms with van der Waals surface area (Å²) in [5.41, 5.74) is 2.11. The molecule has 0 N–H and O–H groups in total. The summed E-state index contributed by atoms with van der Waals surface area (Å²) in [4.78, 5) is 27.1. The zero-order chi connectivity index (χ0) is 23.4. The summed E-state index contributed by atoms with van der Waals surface area (Å²) < 4.78 is 52.4. The summed E-state index contributed by atoms with van der Waals surface area (Å²) in [5.74, 6) is -0.809. The third kappa shape index (κ3) is 5.53. The van der Waals surface area contributed by atoms with E-state index in [9.17, 15) is 22.4 Å². The van der Waals surface area contributed by atoms with E-state index in [0.29, 0.717) is 47.6 Å². The number of alkyl halides is 3. The van der Waals surface area contributed by atoms with Crippen LogP contribution in [-0.4, -0.2) is 45.0 Å². The maximum atomic E-state index is 14.6. The fourth-order valence-electron chi connectivity index (χ4n) is 4.06. The minimum atomic E-state index is -4.38. The van der Waals surface area contributed by atoms with Crippen LogP contribution in [0.1, 0.15) is 37.3 Å². The summed E-state index contributed by atoms with van der Waals surface area (Å²) in [6, 6.07) is 9.85. The molecule has 1 aliphatic rings. The quantitative estimate of drug-likeness (QED) is 0.481. The number of likely N-dealkylation sites (tertiary alicyclic amines) is 1. The molecule has 4 rings (SSSR count). The molecule has 2 aromatic heterocycles. The molecule has 172 valence electrons. The van der Waals surface area contributed by atoms with Gasteiger partial charge in [0.1, 0.15) is 5.82 Å². The third-order valence-corrected chi connectivity index (χ3v) is 5.69. The van der Waals surface area contributed by atoms with Crippen LogP contribution in [0.4, 0.5) is 17.6 Å². The van der Waals surface area contributed by atoms with Crippen molar-refractivity contribution in [3.63, 3.8) is 0 Å². The van der Waals surface area contributed by atoms with Gasteiger partial charge in [0.15, 0.2) is 5.82 Å². The molecule has 1 atom stereocenters. The number of piperidine rings is 1. The molecule has 3 aromatic rings. The van der Waals surface area contributed by atoms with Crippen molar-refractivity contribution in [3.8, 4) is 22.5 Å². The smallest absolute Gasteiger partial charge is 0.342 e. The Morgan fingerprint density at radius 3 is 2.64 bits per heavy atom. The number of hydrogen-bond donors (Lipinski definition) is 0. The van der Waals surface area contributed by atoms with Gasteiger partial charge < -0.3 is 4.90 Å². The largest absolute Gasteiger partial charge is 0.389 e. The number of carbonyl (C=O) groups is 1. The maximum Gasteiger partial charge on any atom is 0.389 e. The van der Waals surface area contributed by atoms with E-state index in [1.54, 1.807) is 42.9 Å². The predicted octanol–water partition coefficient (Wildman–Crippen LogP) is 5.39. The number of carbonyl (C=O) groups excluding carboxylic acids is 1. The zero-order valence-corrected chi connectivity index (χ0v) is 17.7. The van der Waals surface area contributed by atoms with Crippen molar-refractivity contribution in [2.45, 2.75) is 37.8 Å². The van der Waals surface area contributed by atoms with Gasteiger partial charge in [0.05, 0.1) is 12.1 Å². The summed E-state index contributed by atoms with van der Waals surface area (Å²) in [6.07, 6.45) is -0.00630.